The van der Waals surface area contributed by atoms with E-state index in [0.717, 1.165) is 36.8 Å². The van der Waals surface area contributed by atoms with E-state index in [1.54, 1.807) is 0 Å². The Morgan fingerprint density at radius 2 is 1.91 bits per heavy atom. The highest BCUT2D eigenvalue weighted by molar-refractivity contribution is 7.17. The number of ketones is 1. The number of benzene rings is 1. The van der Waals surface area contributed by atoms with Crippen molar-refractivity contribution in [3.8, 4) is 0 Å². The summed E-state index contributed by atoms with van der Waals surface area (Å²) < 4.78 is 0. The van der Waals surface area contributed by atoms with Gasteiger partial charge in [0.2, 0.25) is 5.78 Å². The Labute approximate surface area is 131 Å². The minimum Gasteiger partial charge on any atom is -0.348 e. The Kier molecular flexibility index (Phi) is 3.89. The van der Waals surface area contributed by atoms with Gasteiger partial charge >= 0.3 is 0 Å². The summed E-state index contributed by atoms with van der Waals surface area (Å²) in [6.45, 7) is 3.80. The third-order valence-electron chi connectivity index (χ3n) is 3.71. The lowest BCUT2D eigenvalue weighted by molar-refractivity contribution is -0.384. The van der Waals surface area contributed by atoms with Gasteiger partial charge in [-0.2, -0.15) is 0 Å². The minimum atomic E-state index is -0.475. The molecule has 1 aromatic carbocycles. The van der Waals surface area contributed by atoms with Crippen LogP contribution in [0.2, 0.25) is 0 Å². The van der Waals surface area contributed by atoms with Crippen LogP contribution in [0.4, 0.5) is 10.8 Å². The molecule has 0 saturated carbocycles. The zero-order valence-electron chi connectivity index (χ0n) is 12.1. The number of hydrogen-bond acceptors (Lipinski definition) is 6. The zero-order valence-corrected chi connectivity index (χ0v) is 12.9. The molecule has 2 heterocycles. The number of non-ortho nitro benzene ring substituents is 1. The lowest BCUT2D eigenvalue weighted by Gasteiger charge is -2.12. The number of aryl methyl sites for hydroxylation is 1. The molecule has 1 aliphatic heterocycles. The number of carbonyl (C=O) groups is 1. The lowest BCUT2D eigenvalue weighted by atomic mass is 10.1. The number of nitro groups is 1. The van der Waals surface area contributed by atoms with Crippen LogP contribution in [0.25, 0.3) is 0 Å². The van der Waals surface area contributed by atoms with Crippen molar-refractivity contribution in [1.82, 2.24) is 4.98 Å². The number of nitrogens with zero attached hydrogens (tertiary/aromatic N) is 3. The first kappa shape index (κ1) is 14.6. The number of nitro benzene ring substituents is 1. The van der Waals surface area contributed by atoms with Gasteiger partial charge < -0.3 is 4.90 Å². The van der Waals surface area contributed by atoms with E-state index >= 15 is 0 Å². The highest BCUT2D eigenvalue weighted by Gasteiger charge is 2.22. The second kappa shape index (κ2) is 5.84. The maximum Gasteiger partial charge on any atom is 0.269 e. The molecule has 1 aliphatic rings. The fourth-order valence-corrected chi connectivity index (χ4v) is 3.58. The van der Waals surface area contributed by atoms with Gasteiger partial charge in [0, 0.05) is 30.8 Å². The molecule has 0 unspecified atom stereocenters. The summed E-state index contributed by atoms with van der Waals surface area (Å²) in [6.07, 6.45) is 2.31. The Morgan fingerprint density at radius 1 is 1.27 bits per heavy atom. The Bertz CT molecular complexity index is 718. The number of thiazole rings is 1. The first-order valence-electron chi connectivity index (χ1n) is 7.08. The summed E-state index contributed by atoms with van der Waals surface area (Å²) >= 11 is 1.40. The monoisotopic (exact) mass is 317 g/mol. The fraction of sp³-hybridized carbons (Fsp3) is 0.333. The second-order valence-electron chi connectivity index (χ2n) is 5.24. The zero-order chi connectivity index (χ0) is 15.7. The molecule has 0 spiro atoms. The maximum atomic E-state index is 12.6. The van der Waals surface area contributed by atoms with Gasteiger partial charge in [-0.15, -0.1) is 0 Å². The van der Waals surface area contributed by atoms with Crippen LogP contribution < -0.4 is 4.90 Å². The smallest absolute Gasteiger partial charge is 0.269 e. The van der Waals surface area contributed by atoms with Gasteiger partial charge in [0.1, 0.15) is 0 Å². The maximum absolute atomic E-state index is 12.6. The molecule has 114 valence electrons. The van der Waals surface area contributed by atoms with Crippen LogP contribution in [-0.4, -0.2) is 28.8 Å². The van der Waals surface area contributed by atoms with Gasteiger partial charge in [-0.1, -0.05) is 11.3 Å². The molecule has 6 nitrogen and oxygen atoms in total. The second-order valence-corrected chi connectivity index (χ2v) is 6.22. The molecule has 7 heteroatoms. The largest absolute Gasteiger partial charge is 0.348 e. The lowest BCUT2D eigenvalue weighted by Crippen LogP contribution is -2.17. The summed E-state index contributed by atoms with van der Waals surface area (Å²) in [7, 11) is 0. The Balaban J connectivity index is 1.86. The first-order valence-corrected chi connectivity index (χ1v) is 7.89. The molecule has 0 atom stereocenters. The summed E-state index contributed by atoms with van der Waals surface area (Å²) in [5.74, 6) is -0.129. The van der Waals surface area contributed by atoms with Crippen molar-refractivity contribution in [2.24, 2.45) is 0 Å². The van der Waals surface area contributed by atoms with E-state index in [1.165, 1.54) is 35.6 Å². The summed E-state index contributed by atoms with van der Waals surface area (Å²) in [5, 5.41) is 11.6. The molecular weight excluding hydrogens is 302 g/mol. The Morgan fingerprint density at radius 3 is 2.50 bits per heavy atom. The van der Waals surface area contributed by atoms with Crippen molar-refractivity contribution < 1.29 is 9.72 Å². The number of hydrogen-bond donors (Lipinski definition) is 0. The van der Waals surface area contributed by atoms with Gasteiger partial charge in [0.05, 0.1) is 15.5 Å². The molecule has 3 rings (SSSR count). The van der Waals surface area contributed by atoms with Crippen LogP contribution in [-0.2, 0) is 0 Å². The molecule has 1 saturated heterocycles. The minimum absolute atomic E-state index is 0.0182. The van der Waals surface area contributed by atoms with Crippen LogP contribution >= 0.6 is 11.3 Å². The van der Waals surface area contributed by atoms with Crippen molar-refractivity contribution in [2.45, 2.75) is 19.8 Å². The van der Waals surface area contributed by atoms with Gasteiger partial charge in [-0.25, -0.2) is 4.98 Å². The van der Waals surface area contributed by atoms with Gasteiger partial charge in [0.15, 0.2) is 5.13 Å². The topological polar surface area (TPSA) is 76.3 Å². The van der Waals surface area contributed by atoms with Crippen LogP contribution in [0.5, 0.6) is 0 Å². The molecule has 0 radical (unpaired) electrons. The van der Waals surface area contributed by atoms with E-state index in [9.17, 15) is 14.9 Å². The van der Waals surface area contributed by atoms with Crippen LogP contribution in [0, 0.1) is 17.0 Å². The molecular formula is C15H15N3O3S. The highest BCUT2D eigenvalue weighted by atomic mass is 32.1. The summed E-state index contributed by atoms with van der Waals surface area (Å²) in [4.78, 5) is 30.1. The van der Waals surface area contributed by atoms with Crippen molar-refractivity contribution in [3.63, 3.8) is 0 Å². The fourth-order valence-electron chi connectivity index (χ4n) is 2.50. The molecule has 1 fully saturated rings. The predicted octanol–water partition coefficient (Wildman–Crippen LogP) is 3.19. The number of carbonyl (C=O) groups excluding carboxylic acids is 1. The normalized spacial score (nSPS) is 14.3. The summed E-state index contributed by atoms with van der Waals surface area (Å²) in [5.41, 5.74) is 1.15. The van der Waals surface area contributed by atoms with Crippen molar-refractivity contribution >= 4 is 27.9 Å². The number of aromatic nitrogens is 1. The molecule has 0 N–H and O–H groups in total. The molecule has 0 aliphatic carbocycles. The van der Waals surface area contributed by atoms with E-state index in [0.29, 0.717) is 10.4 Å². The quantitative estimate of drug-likeness (QED) is 0.492. The van der Waals surface area contributed by atoms with Crippen molar-refractivity contribution in [2.75, 3.05) is 18.0 Å². The standard InChI is InChI=1S/C15H15N3O3S/c1-10-14(22-15(16-10)17-8-2-3-9-17)13(19)11-4-6-12(7-5-11)18(20)21/h4-7H,2-3,8-9H2,1H3. The van der Waals surface area contributed by atoms with Crippen LogP contribution in [0.1, 0.15) is 33.8 Å². The summed E-state index contributed by atoms with van der Waals surface area (Å²) in [6, 6.07) is 5.69. The average molecular weight is 317 g/mol. The van der Waals surface area contributed by atoms with Crippen LogP contribution in [0.15, 0.2) is 24.3 Å². The van der Waals surface area contributed by atoms with Crippen molar-refractivity contribution in [3.05, 3.63) is 50.5 Å². The number of rotatable bonds is 4. The van der Waals surface area contributed by atoms with E-state index in [4.69, 9.17) is 0 Å². The molecule has 22 heavy (non-hydrogen) atoms. The predicted molar refractivity (Wildman–Crippen MR) is 84.8 cm³/mol. The van der Waals surface area contributed by atoms with Crippen molar-refractivity contribution in [1.29, 1.82) is 0 Å². The molecule has 2 aromatic rings. The van der Waals surface area contributed by atoms with Crippen LogP contribution in [0.3, 0.4) is 0 Å². The third-order valence-corrected chi connectivity index (χ3v) is 4.93. The van der Waals surface area contributed by atoms with E-state index in [2.05, 4.69) is 9.88 Å². The van der Waals surface area contributed by atoms with E-state index in [1.807, 2.05) is 6.92 Å². The highest BCUT2D eigenvalue weighted by Crippen LogP contribution is 2.30. The molecule has 1 aromatic heterocycles. The SMILES string of the molecule is Cc1nc(N2CCCC2)sc1C(=O)c1ccc([N+](=O)[O-])cc1. The average Bonchev–Trinajstić information content (AvgIpc) is 3.16. The Hall–Kier alpha value is -2.28. The molecule has 0 amide bonds. The van der Waals surface area contributed by atoms with E-state index in [-0.39, 0.29) is 11.5 Å². The van der Waals surface area contributed by atoms with Gasteiger partial charge in [0.25, 0.3) is 5.69 Å². The number of anilines is 1. The van der Waals surface area contributed by atoms with Gasteiger partial charge in [-0.05, 0) is 31.9 Å². The van der Waals surface area contributed by atoms with E-state index < -0.39 is 4.92 Å². The van der Waals surface area contributed by atoms with Gasteiger partial charge in [-0.3, -0.25) is 14.9 Å². The first-order chi connectivity index (χ1) is 10.6. The molecule has 0 bridgehead atoms. The third kappa shape index (κ3) is 2.71.